The molecule has 4 nitrogen and oxygen atoms in total. The van der Waals surface area contributed by atoms with Gasteiger partial charge >= 0.3 is 5.97 Å². The molecular formula is C8H15NO3. The number of amides is 1. The monoisotopic (exact) mass is 173 g/mol. The van der Waals surface area contributed by atoms with Gasteiger partial charge in [0.25, 0.3) is 0 Å². The van der Waals surface area contributed by atoms with Gasteiger partial charge in [-0.2, -0.15) is 0 Å². The average molecular weight is 173 g/mol. The van der Waals surface area contributed by atoms with Crippen molar-refractivity contribution in [2.45, 2.75) is 20.8 Å². The largest absolute Gasteiger partial charge is 0.481 e. The summed E-state index contributed by atoms with van der Waals surface area (Å²) in [4.78, 5) is 21.7. The van der Waals surface area contributed by atoms with E-state index in [2.05, 4.69) is 5.32 Å². The summed E-state index contributed by atoms with van der Waals surface area (Å²) in [6.07, 6.45) is 0. The number of hydrogen-bond acceptors (Lipinski definition) is 2. The van der Waals surface area contributed by atoms with Crippen LogP contribution in [0.4, 0.5) is 0 Å². The number of carbonyl (C=O) groups is 2. The second kappa shape index (κ2) is 4.74. The number of rotatable bonds is 4. The summed E-state index contributed by atoms with van der Waals surface area (Å²) in [5.41, 5.74) is 0. The topological polar surface area (TPSA) is 66.4 Å². The van der Waals surface area contributed by atoms with Crippen molar-refractivity contribution in [2.24, 2.45) is 11.8 Å². The van der Waals surface area contributed by atoms with Crippen LogP contribution in [0, 0.1) is 11.8 Å². The van der Waals surface area contributed by atoms with Gasteiger partial charge in [-0.15, -0.1) is 0 Å². The molecule has 12 heavy (non-hydrogen) atoms. The molecule has 0 heterocycles. The zero-order valence-electron chi connectivity index (χ0n) is 7.63. The van der Waals surface area contributed by atoms with Crippen LogP contribution in [0.5, 0.6) is 0 Å². The Morgan fingerprint density at radius 3 is 2.17 bits per heavy atom. The van der Waals surface area contributed by atoms with E-state index in [-0.39, 0.29) is 5.92 Å². The lowest BCUT2D eigenvalue weighted by molar-refractivity contribution is -0.148. The lowest BCUT2D eigenvalue weighted by Gasteiger charge is -2.14. The van der Waals surface area contributed by atoms with Crippen LogP contribution in [-0.4, -0.2) is 23.5 Å². The zero-order valence-corrected chi connectivity index (χ0v) is 7.63. The summed E-state index contributed by atoms with van der Waals surface area (Å²) in [5, 5.41) is 11.2. The first kappa shape index (κ1) is 10.9. The Balaban J connectivity index is 4.30. The Kier molecular flexibility index (Phi) is 4.33. The molecule has 0 aromatic heterocycles. The summed E-state index contributed by atoms with van der Waals surface area (Å²) in [6.45, 7) is 5.66. The predicted molar refractivity (Wildman–Crippen MR) is 44.6 cm³/mol. The molecule has 0 fully saturated rings. The lowest BCUT2D eigenvalue weighted by atomic mass is 9.95. The van der Waals surface area contributed by atoms with E-state index in [1.165, 1.54) is 0 Å². The highest BCUT2D eigenvalue weighted by atomic mass is 16.4. The fourth-order valence-electron chi connectivity index (χ4n) is 0.984. The summed E-state index contributed by atoms with van der Waals surface area (Å²) in [7, 11) is 0. The molecule has 0 aliphatic rings. The Bertz CT molecular complexity index is 177. The summed E-state index contributed by atoms with van der Waals surface area (Å²) in [5.74, 6) is -2.56. The van der Waals surface area contributed by atoms with Crippen LogP contribution >= 0.6 is 0 Å². The van der Waals surface area contributed by atoms with Gasteiger partial charge < -0.3 is 10.4 Å². The van der Waals surface area contributed by atoms with Crippen LogP contribution in [0.1, 0.15) is 20.8 Å². The highest BCUT2D eigenvalue weighted by Crippen LogP contribution is 2.10. The van der Waals surface area contributed by atoms with E-state index < -0.39 is 17.8 Å². The number of aliphatic carboxylic acids is 1. The van der Waals surface area contributed by atoms with Gasteiger partial charge in [0.15, 0.2) is 0 Å². The van der Waals surface area contributed by atoms with Crippen molar-refractivity contribution >= 4 is 11.9 Å². The molecular weight excluding hydrogens is 158 g/mol. The maximum atomic E-state index is 11.1. The van der Waals surface area contributed by atoms with E-state index >= 15 is 0 Å². The normalized spacial score (nSPS) is 12.7. The third-order valence-electron chi connectivity index (χ3n) is 1.57. The lowest BCUT2D eigenvalue weighted by Crippen LogP contribution is -2.38. The van der Waals surface area contributed by atoms with Crippen molar-refractivity contribution in [3.05, 3.63) is 0 Å². The van der Waals surface area contributed by atoms with E-state index in [0.29, 0.717) is 6.54 Å². The molecule has 0 aromatic carbocycles. The van der Waals surface area contributed by atoms with Crippen LogP contribution in [0.2, 0.25) is 0 Å². The Labute approximate surface area is 72.0 Å². The first-order valence-corrected chi connectivity index (χ1v) is 4.01. The van der Waals surface area contributed by atoms with Gasteiger partial charge in [-0.25, -0.2) is 0 Å². The van der Waals surface area contributed by atoms with Crippen molar-refractivity contribution in [3.8, 4) is 0 Å². The summed E-state index contributed by atoms with van der Waals surface area (Å²) in [6, 6.07) is 0. The van der Waals surface area contributed by atoms with Gasteiger partial charge in [-0.3, -0.25) is 9.59 Å². The van der Waals surface area contributed by atoms with Gasteiger partial charge in [0.1, 0.15) is 5.92 Å². The number of carboxylic acids is 1. The minimum Gasteiger partial charge on any atom is -0.481 e. The van der Waals surface area contributed by atoms with Gasteiger partial charge in [0.05, 0.1) is 0 Å². The third kappa shape index (κ3) is 2.90. The fourth-order valence-corrected chi connectivity index (χ4v) is 0.984. The molecule has 1 unspecified atom stereocenters. The molecule has 0 bridgehead atoms. The third-order valence-corrected chi connectivity index (χ3v) is 1.57. The second-order valence-electron chi connectivity index (χ2n) is 2.95. The standard InChI is InChI=1S/C8H15NO3/c1-4-9-7(10)6(5(2)3)8(11)12/h5-6H,4H2,1-3H3,(H,9,10)(H,11,12). The van der Waals surface area contributed by atoms with Crippen LogP contribution in [0.25, 0.3) is 0 Å². The van der Waals surface area contributed by atoms with Crippen molar-refractivity contribution in [3.63, 3.8) is 0 Å². The minimum atomic E-state index is -1.06. The van der Waals surface area contributed by atoms with Crippen molar-refractivity contribution in [1.29, 1.82) is 0 Å². The maximum Gasteiger partial charge on any atom is 0.316 e. The highest BCUT2D eigenvalue weighted by Gasteiger charge is 2.28. The van der Waals surface area contributed by atoms with E-state index in [0.717, 1.165) is 0 Å². The van der Waals surface area contributed by atoms with E-state index in [1.54, 1.807) is 20.8 Å². The van der Waals surface area contributed by atoms with Crippen LogP contribution < -0.4 is 5.32 Å². The quantitative estimate of drug-likeness (QED) is 0.607. The Morgan fingerprint density at radius 2 is 1.92 bits per heavy atom. The Morgan fingerprint density at radius 1 is 1.42 bits per heavy atom. The molecule has 0 spiro atoms. The van der Waals surface area contributed by atoms with E-state index in [4.69, 9.17) is 5.11 Å². The molecule has 4 heteroatoms. The fraction of sp³-hybridized carbons (Fsp3) is 0.750. The molecule has 1 amide bonds. The summed E-state index contributed by atoms with van der Waals surface area (Å²) < 4.78 is 0. The maximum absolute atomic E-state index is 11.1. The van der Waals surface area contributed by atoms with Crippen molar-refractivity contribution in [2.75, 3.05) is 6.54 Å². The van der Waals surface area contributed by atoms with Crippen molar-refractivity contribution in [1.82, 2.24) is 5.32 Å². The predicted octanol–water partition coefficient (Wildman–Crippen LogP) is 0.479. The van der Waals surface area contributed by atoms with Crippen LogP contribution in [0.3, 0.4) is 0 Å². The minimum absolute atomic E-state index is 0.172. The summed E-state index contributed by atoms with van der Waals surface area (Å²) >= 11 is 0. The SMILES string of the molecule is CCNC(=O)C(C(=O)O)C(C)C. The average Bonchev–Trinajstić information content (AvgIpc) is 1.85. The van der Waals surface area contributed by atoms with Gasteiger partial charge in [0, 0.05) is 6.54 Å². The number of nitrogens with one attached hydrogen (secondary N) is 1. The van der Waals surface area contributed by atoms with E-state index in [9.17, 15) is 9.59 Å². The molecule has 0 aliphatic heterocycles. The smallest absolute Gasteiger partial charge is 0.316 e. The molecule has 0 aromatic rings. The molecule has 2 N–H and O–H groups in total. The Hall–Kier alpha value is -1.06. The van der Waals surface area contributed by atoms with Crippen LogP contribution in [0.15, 0.2) is 0 Å². The molecule has 0 aliphatic carbocycles. The number of carboxylic acid groups (broad SMARTS) is 1. The first-order chi connectivity index (χ1) is 5.50. The van der Waals surface area contributed by atoms with E-state index in [1.807, 2.05) is 0 Å². The van der Waals surface area contributed by atoms with Gasteiger partial charge in [-0.1, -0.05) is 13.8 Å². The number of hydrogen-bond donors (Lipinski definition) is 2. The first-order valence-electron chi connectivity index (χ1n) is 4.01. The molecule has 0 saturated carbocycles. The second-order valence-corrected chi connectivity index (χ2v) is 2.95. The molecule has 0 saturated heterocycles. The molecule has 70 valence electrons. The number of carbonyl (C=O) groups excluding carboxylic acids is 1. The molecule has 0 radical (unpaired) electrons. The van der Waals surface area contributed by atoms with Gasteiger partial charge in [-0.05, 0) is 12.8 Å². The van der Waals surface area contributed by atoms with Crippen molar-refractivity contribution < 1.29 is 14.7 Å². The zero-order chi connectivity index (χ0) is 9.72. The van der Waals surface area contributed by atoms with Gasteiger partial charge in [0.2, 0.25) is 5.91 Å². The molecule has 1 atom stereocenters. The molecule has 0 rings (SSSR count). The highest BCUT2D eigenvalue weighted by molar-refractivity contribution is 5.97. The van der Waals surface area contributed by atoms with Crippen LogP contribution in [-0.2, 0) is 9.59 Å².